The summed E-state index contributed by atoms with van der Waals surface area (Å²) in [6.07, 6.45) is 8.60. The third-order valence-electron chi connectivity index (χ3n) is 4.23. The number of aromatic nitrogens is 3. The fraction of sp³-hybridized carbons (Fsp3) is 0.500. The Kier molecular flexibility index (Phi) is 7.23. The van der Waals surface area contributed by atoms with Crippen LogP contribution in [0.15, 0.2) is 36.9 Å². The largest absolute Gasteiger partial charge is 0.352 e. The van der Waals surface area contributed by atoms with Gasteiger partial charge in [-0.25, -0.2) is 9.67 Å². The van der Waals surface area contributed by atoms with Gasteiger partial charge in [0.25, 0.3) is 0 Å². The zero-order chi connectivity index (χ0) is 17.3. The first-order valence-corrected chi connectivity index (χ1v) is 11.1. The molecule has 1 aliphatic heterocycles. The molecule has 0 radical (unpaired) electrons. The van der Waals surface area contributed by atoms with Crippen molar-refractivity contribution in [3.8, 4) is 0 Å². The molecule has 25 heavy (non-hydrogen) atoms. The third-order valence-corrected chi connectivity index (χ3v) is 7.24. The van der Waals surface area contributed by atoms with Gasteiger partial charge in [-0.15, -0.1) is 0 Å². The van der Waals surface area contributed by atoms with Crippen molar-refractivity contribution >= 4 is 27.5 Å². The highest BCUT2D eigenvalue weighted by Crippen LogP contribution is 2.39. The second-order valence-electron chi connectivity index (χ2n) is 6.26. The van der Waals surface area contributed by atoms with E-state index < -0.39 is 0 Å². The molecule has 1 fully saturated rings. The Labute approximate surface area is 156 Å². The summed E-state index contributed by atoms with van der Waals surface area (Å²) in [7, 11) is 4.00. The van der Waals surface area contributed by atoms with E-state index in [4.69, 9.17) is 0 Å². The summed E-state index contributed by atoms with van der Waals surface area (Å²) in [4.78, 5) is 15.9. The van der Waals surface area contributed by atoms with Crippen LogP contribution >= 0.6 is 21.6 Å². The van der Waals surface area contributed by atoms with Crippen molar-refractivity contribution in [1.29, 1.82) is 0 Å². The number of hydrogen-bond donors (Lipinski definition) is 1. The van der Waals surface area contributed by atoms with E-state index in [1.165, 1.54) is 30.5 Å². The summed E-state index contributed by atoms with van der Waals surface area (Å²) < 4.78 is 1.79. The normalized spacial score (nSPS) is 16.9. The molecule has 1 atom stereocenters. The van der Waals surface area contributed by atoms with E-state index in [0.29, 0.717) is 19.5 Å². The van der Waals surface area contributed by atoms with Crippen molar-refractivity contribution < 1.29 is 4.79 Å². The molecule has 3 rings (SSSR count). The Hall–Kier alpha value is -1.47. The number of hydrogen-bond acceptors (Lipinski definition) is 5. The molecular formula is C18H24N4OS2. The van der Waals surface area contributed by atoms with Gasteiger partial charge in [0.1, 0.15) is 12.7 Å². The van der Waals surface area contributed by atoms with Gasteiger partial charge in [0.05, 0.1) is 6.54 Å². The summed E-state index contributed by atoms with van der Waals surface area (Å²) >= 11 is 0. The SMILES string of the molecule is O=C(CCCCC1CCSS1)NCc1ccc(Cn2cncn2)cc1. The van der Waals surface area contributed by atoms with Crippen molar-refractivity contribution in [3.63, 3.8) is 0 Å². The zero-order valence-electron chi connectivity index (χ0n) is 14.3. The predicted octanol–water partition coefficient (Wildman–Crippen LogP) is 3.66. The predicted molar refractivity (Wildman–Crippen MR) is 104 cm³/mol. The molecule has 1 saturated heterocycles. The fourth-order valence-electron chi connectivity index (χ4n) is 2.78. The molecule has 7 heteroatoms. The molecule has 1 N–H and O–H groups in total. The Bertz CT molecular complexity index is 640. The van der Waals surface area contributed by atoms with Gasteiger partial charge in [0.2, 0.25) is 5.91 Å². The molecule has 2 heterocycles. The monoisotopic (exact) mass is 376 g/mol. The van der Waals surface area contributed by atoms with Crippen LogP contribution < -0.4 is 5.32 Å². The van der Waals surface area contributed by atoms with Crippen LogP contribution in [0.1, 0.15) is 43.2 Å². The Morgan fingerprint density at radius 1 is 1.24 bits per heavy atom. The molecule has 2 aromatic rings. The second-order valence-corrected chi connectivity index (χ2v) is 9.05. The van der Waals surface area contributed by atoms with Gasteiger partial charge in [-0.1, -0.05) is 52.3 Å². The van der Waals surface area contributed by atoms with E-state index >= 15 is 0 Å². The highest BCUT2D eigenvalue weighted by molar-refractivity contribution is 8.77. The quantitative estimate of drug-likeness (QED) is 0.535. The van der Waals surface area contributed by atoms with Gasteiger partial charge in [-0.3, -0.25) is 4.79 Å². The highest BCUT2D eigenvalue weighted by atomic mass is 33.1. The molecule has 0 bridgehead atoms. The van der Waals surface area contributed by atoms with Crippen LogP contribution in [-0.4, -0.2) is 31.7 Å². The first-order valence-electron chi connectivity index (χ1n) is 8.75. The van der Waals surface area contributed by atoms with Gasteiger partial charge in [0, 0.05) is 24.0 Å². The maximum absolute atomic E-state index is 12.0. The molecule has 0 aliphatic carbocycles. The van der Waals surface area contributed by atoms with Gasteiger partial charge >= 0.3 is 0 Å². The number of nitrogens with zero attached hydrogens (tertiary/aromatic N) is 3. The molecular weight excluding hydrogens is 352 g/mol. The minimum atomic E-state index is 0.153. The summed E-state index contributed by atoms with van der Waals surface area (Å²) in [6.45, 7) is 1.31. The summed E-state index contributed by atoms with van der Waals surface area (Å²) in [5, 5.41) is 7.93. The van der Waals surface area contributed by atoms with Crippen LogP contribution in [0.5, 0.6) is 0 Å². The molecule has 1 amide bonds. The molecule has 1 unspecified atom stereocenters. The smallest absolute Gasteiger partial charge is 0.220 e. The minimum Gasteiger partial charge on any atom is -0.352 e. The number of nitrogens with one attached hydrogen (secondary N) is 1. The lowest BCUT2D eigenvalue weighted by molar-refractivity contribution is -0.121. The first kappa shape index (κ1) is 18.3. The van der Waals surface area contributed by atoms with Crippen LogP contribution in [0.4, 0.5) is 0 Å². The standard InChI is InChI=1S/C18H24N4OS2/c23-18(4-2-1-3-17-9-10-24-25-17)20-11-15-5-7-16(8-6-15)12-22-14-19-13-21-22/h5-8,13-14,17H,1-4,9-12H2,(H,20,23). The van der Waals surface area contributed by atoms with Gasteiger partial charge < -0.3 is 5.32 Å². The van der Waals surface area contributed by atoms with Crippen LogP contribution in [0.3, 0.4) is 0 Å². The van der Waals surface area contributed by atoms with Crippen molar-refractivity contribution in [1.82, 2.24) is 20.1 Å². The number of carbonyl (C=O) groups excluding carboxylic acids is 1. The molecule has 1 aromatic carbocycles. The van der Waals surface area contributed by atoms with Crippen LogP contribution in [0.2, 0.25) is 0 Å². The van der Waals surface area contributed by atoms with E-state index in [-0.39, 0.29) is 5.91 Å². The molecule has 1 aromatic heterocycles. The van der Waals surface area contributed by atoms with Crippen molar-refractivity contribution in [2.75, 3.05) is 5.75 Å². The van der Waals surface area contributed by atoms with Crippen molar-refractivity contribution in [2.24, 2.45) is 0 Å². The zero-order valence-corrected chi connectivity index (χ0v) is 15.9. The Morgan fingerprint density at radius 3 is 2.80 bits per heavy atom. The summed E-state index contributed by atoms with van der Waals surface area (Å²) in [5.41, 5.74) is 2.29. The lowest BCUT2D eigenvalue weighted by Crippen LogP contribution is -2.22. The lowest BCUT2D eigenvalue weighted by Gasteiger charge is -2.08. The van der Waals surface area contributed by atoms with Gasteiger partial charge in [-0.05, 0) is 30.4 Å². The van der Waals surface area contributed by atoms with Crippen LogP contribution in [0, 0.1) is 0 Å². The topological polar surface area (TPSA) is 59.8 Å². The minimum absolute atomic E-state index is 0.153. The Balaban J connectivity index is 1.31. The number of amides is 1. The molecule has 134 valence electrons. The summed E-state index contributed by atoms with van der Waals surface area (Å²) in [5.74, 6) is 1.44. The molecule has 0 spiro atoms. The van der Waals surface area contributed by atoms with E-state index in [1.807, 2.05) is 21.6 Å². The van der Waals surface area contributed by atoms with Gasteiger partial charge in [0.15, 0.2) is 0 Å². The van der Waals surface area contributed by atoms with E-state index in [2.05, 4.69) is 39.7 Å². The number of rotatable bonds is 9. The summed E-state index contributed by atoms with van der Waals surface area (Å²) in [6, 6.07) is 8.25. The number of carbonyl (C=O) groups is 1. The maximum Gasteiger partial charge on any atom is 0.220 e. The molecule has 5 nitrogen and oxygen atoms in total. The Morgan fingerprint density at radius 2 is 2.08 bits per heavy atom. The average molecular weight is 377 g/mol. The first-order chi connectivity index (χ1) is 12.3. The fourth-order valence-corrected chi connectivity index (χ4v) is 5.80. The van der Waals surface area contributed by atoms with Crippen molar-refractivity contribution in [2.45, 2.75) is 50.4 Å². The average Bonchev–Trinajstić information content (AvgIpc) is 3.32. The van der Waals surface area contributed by atoms with Crippen LogP contribution in [-0.2, 0) is 17.9 Å². The van der Waals surface area contributed by atoms with Gasteiger partial charge in [-0.2, -0.15) is 5.10 Å². The number of benzene rings is 1. The molecule has 1 aliphatic rings. The van der Waals surface area contributed by atoms with E-state index in [1.54, 1.807) is 11.0 Å². The highest BCUT2D eigenvalue weighted by Gasteiger charge is 2.15. The third kappa shape index (κ3) is 6.40. The second kappa shape index (κ2) is 9.87. The lowest BCUT2D eigenvalue weighted by atomic mass is 10.1. The van der Waals surface area contributed by atoms with Crippen molar-refractivity contribution in [3.05, 3.63) is 48.0 Å². The maximum atomic E-state index is 12.0. The van der Waals surface area contributed by atoms with E-state index in [9.17, 15) is 4.79 Å². The van der Waals surface area contributed by atoms with Crippen LogP contribution in [0.25, 0.3) is 0 Å². The van der Waals surface area contributed by atoms with E-state index in [0.717, 1.165) is 23.7 Å². The molecule has 0 saturated carbocycles. The number of unbranched alkanes of at least 4 members (excludes halogenated alkanes) is 1.